The van der Waals surface area contributed by atoms with E-state index in [9.17, 15) is 4.79 Å². The highest BCUT2D eigenvalue weighted by molar-refractivity contribution is 14.0. The molecule has 0 spiro atoms. The van der Waals surface area contributed by atoms with Crippen molar-refractivity contribution in [1.29, 1.82) is 0 Å². The molecule has 7 heteroatoms. The lowest BCUT2D eigenvalue weighted by atomic mass is 9.89. The standard InChI is InChI=1S/C26H36N4O2.HI/c1-5-27-26(28-17-20-10-14-22(15-11-20)25(31)30(3)4)29-18-23-7-6-16-32-24(23)21-12-8-19(2)9-13-21;/h8-15,23-24H,5-7,16-18H2,1-4H3,(H2,27,28,29);1H. The average molecular weight is 565 g/mol. The van der Waals surface area contributed by atoms with E-state index in [0.717, 1.165) is 44.1 Å². The molecule has 3 rings (SSSR count). The summed E-state index contributed by atoms with van der Waals surface area (Å²) >= 11 is 0. The highest BCUT2D eigenvalue weighted by Gasteiger charge is 2.27. The molecule has 2 unspecified atom stereocenters. The zero-order valence-electron chi connectivity index (χ0n) is 20.1. The number of rotatable bonds is 7. The van der Waals surface area contributed by atoms with Crippen molar-refractivity contribution < 1.29 is 9.53 Å². The zero-order valence-corrected chi connectivity index (χ0v) is 22.5. The van der Waals surface area contributed by atoms with Gasteiger partial charge >= 0.3 is 0 Å². The molecule has 2 atom stereocenters. The van der Waals surface area contributed by atoms with Crippen molar-refractivity contribution in [1.82, 2.24) is 15.5 Å². The van der Waals surface area contributed by atoms with Crippen LogP contribution in [0.2, 0.25) is 0 Å². The molecule has 0 aliphatic carbocycles. The SMILES string of the molecule is CCNC(=NCc1ccc(C(=O)N(C)C)cc1)NCC1CCCOC1c1ccc(C)cc1.I. The molecule has 1 aliphatic rings. The molecule has 2 aromatic rings. The molecule has 6 nitrogen and oxygen atoms in total. The fourth-order valence-corrected chi connectivity index (χ4v) is 3.93. The minimum absolute atomic E-state index is 0. The summed E-state index contributed by atoms with van der Waals surface area (Å²) in [5.74, 6) is 1.20. The van der Waals surface area contributed by atoms with Crippen LogP contribution >= 0.6 is 24.0 Å². The molecule has 0 bridgehead atoms. The van der Waals surface area contributed by atoms with Crippen LogP contribution in [0.3, 0.4) is 0 Å². The van der Waals surface area contributed by atoms with Gasteiger partial charge in [-0.05, 0) is 49.9 Å². The van der Waals surface area contributed by atoms with Gasteiger partial charge in [0.25, 0.3) is 5.91 Å². The lowest BCUT2D eigenvalue weighted by Gasteiger charge is -2.32. The number of carbonyl (C=O) groups is 1. The molecule has 180 valence electrons. The fourth-order valence-electron chi connectivity index (χ4n) is 3.93. The number of aliphatic imine (C=N–C) groups is 1. The minimum atomic E-state index is 0. The Morgan fingerprint density at radius 3 is 2.42 bits per heavy atom. The summed E-state index contributed by atoms with van der Waals surface area (Å²) in [5, 5.41) is 6.85. The third kappa shape index (κ3) is 7.99. The Morgan fingerprint density at radius 1 is 1.09 bits per heavy atom. The first kappa shape index (κ1) is 27.1. The summed E-state index contributed by atoms with van der Waals surface area (Å²) in [6.45, 7) is 7.14. The van der Waals surface area contributed by atoms with Crippen LogP contribution in [-0.4, -0.2) is 50.6 Å². The van der Waals surface area contributed by atoms with E-state index in [4.69, 9.17) is 9.73 Å². The van der Waals surface area contributed by atoms with Gasteiger partial charge in [0.2, 0.25) is 0 Å². The number of nitrogens with zero attached hydrogens (tertiary/aromatic N) is 2. The number of carbonyl (C=O) groups excluding carboxylic acids is 1. The van der Waals surface area contributed by atoms with Gasteiger partial charge < -0.3 is 20.3 Å². The van der Waals surface area contributed by atoms with E-state index in [1.807, 2.05) is 24.3 Å². The molecule has 0 saturated carbocycles. The predicted molar refractivity (Wildman–Crippen MR) is 145 cm³/mol. The largest absolute Gasteiger partial charge is 0.373 e. The van der Waals surface area contributed by atoms with Crippen LogP contribution in [0.5, 0.6) is 0 Å². The maximum Gasteiger partial charge on any atom is 0.253 e. The van der Waals surface area contributed by atoms with E-state index in [0.29, 0.717) is 18.0 Å². The third-order valence-electron chi connectivity index (χ3n) is 5.75. The Labute approximate surface area is 215 Å². The summed E-state index contributed by atoms with van der Waals surface area (Å²) < 4.78 is 6.15. The Bertz CT molecular complexity index is 898. The lowest BCUT2D eigenvalue weighted by molar-refractivity contribution is -0.0265. The van der Waals surface area contributed by atoms with Gasteiger partial charge in [0.05, 0.1) is 12.6 Å². The van der Waals surface area contributed by atoms with Crippen molar-refractivity contribution in [3.8, 4) is 0 Å². The van der Waals surface area contributed by atoms with Crippen LogP contribution in [0, 0.1) is 12.8 Å². The summed E-state index contributed by atoms with van der Waals surface area (Å²) in [6, 6.07) is 16.3. The topological polar surface area (TPSA) is 66.0 Å². The number of nitrogens with one attached hydrogen (secondary N) is 2. The molecular formula is C26H37IN4O2. The Kier molecular flexibility index (Phi) is 11.1. The van der Waals surface area contributed by atoms with Crippen molar-refractivity contribution >= 4 is 35.8 Å². The summed E-state index contributed by atoms with van der Waals surface area (Å²) in [6.07, 6.45) is 2.33. The molecule has 33 heavy (non-hydrogen) atoms. The van der Waals surface area contributed by atoms with E-state index < -0.39 is 0 Å². The normalized spacial score (nSPS) is 18.2. The second kappa shape index (κ2) is 13.5. The van der Waals surface area contributed by atoms with Crippen LogP contribution in [-0.2, 0) is 11.3 Å². The number of ether oxygens (including phenoxy) is 1. The van der Waals surface area contributed by atoms with Crippen LogP contribution < -0.4 is 10.6 Å². The Morgan fingerprint density at radius 2 is 1.79 bits per heavy atom. The number of benzene rings is 2. The first-order valence-corrected chi connectivity index (χ1v) is 11.5. The number of hydrogen-bond donors (Lipinski definition) is 2. The van der Waals surface area contributed by atoms with Crippen molar-refractivity contribution in [3.05, 3.63) is 70.8 Å². The molecule has 0 aromatic heterocycles. The van der Waals surface area contributed by atoms with Gasteiger partial charge in [-0.3, -0.25) is 4.79 Å². The third-order valence-corrected chi connectivity index (χ3v) is 5.75. The molecule has 1 heterocycles. The van der Waals surface area contributed by atoms with Crippen LogP contribution in [0.4, 0.5) is 0 Å². The van der Waals surface area contributed by atoms with Gasteiger partial charge in [-0.15, -0.1) is 24.0 Å². The Balaban J connectivity index is 0.00000385. The van der Waals surface area contributed by atoms with E-state index >= 15 is 0 Å². The monoisotopic (exact) mass is 564 g/mol. The maximum atomic E-state index is 12.1. The predicted octanol–water partition coefficient (Wildman–Crippen LogP) is 4.54. The van der Waals surface area contributed by atoms with Gasteiger partial charge in [0, 0.05) is 45.3 Å². The van der Waals surface area contributed by atoms with Crippen molar-refractivity contribution in [2.24, 2.45) is 10.9 Å². The molecule has 1 saturated heterocycles. The number of halogens is 1. The summed E-state index contributed by atoms with van der Waals surface area (Å²) in [5.41, 5.74) is 4.26. The molecule has 1 fully saturated rings. The second-order valence-corrected chi connectivity index (χ2v) is 8.58. The lowest BCUT2D eigenvalue weighted by Crippen LogP contribution is -2.42. The van der Waals surface area contributed by atoms with Crippen LogP contribution in [0.1, 0.15) is 52.9 Å². The van der Waals surface area contributed by atoms with E-state index in [2.05, 4.69) is 48.7 Å². The number of hydrogen-bond acceptors (Lipinski definition) is 3. The van der Waals surface area contributed by atoms with Gasteiger partial charge in [0.1, 0.15) is 0 Å². The molecule has 0 radical (unpaired) electrons. The zero-order chi connectivity index (χ0) is 22.9. The summed E-state index contributed by atoms with van der Waals surface area (Å²) in [7, 11) is 3.52. The highest BCUT2D eigenvalue weighted by atomic mass is 127. The van der Waals surface area contributed by atoms with E-state index in [1.165, 1.54) is 11.1 Å². The second-order valence-electron chi connectivity index (χ2n) is 8.58. The smallest absolute Gasteiger partial charge is 0.253 e. The van der Waals surface area contributed by atoms with Crippen LogP contribution in [0.25, 0.3) is 0 Å². The highest BCUT2D eigenvalue weighted by Crippen LogP contribution is 2.33. The van der Waals surface area contributed by atoms with Gasteiger partial charge in [-0.25, -0.2) is 4.99 Å². The first-order valence-electron chi connectivity index (χ1n) is 11.5. The van der Waals surface area contributed by atoms with E-state index in [1.54, 1.807) is 19.0 Å². The van der Waals surface area contributed by atoms with Crippen molar-refractivity contribution in [2.75, 3.05) is 33.8 Å². The maximum absolute atomic E-state index is 12.1. The van der Waals surface area contributed by atoms with Crippen molar-refractivity contribution in [3.63, 3.8) is 0 Å². The molecular weight excluding hydrogens is 527 g/mol. The number of amides is 1. The quantitative estimate of drug-likeness (QED) is 0.295. The molecule has 2 N–H and O–H groups in total. The Hall–Kier alpha value is -2.13. The molecule has 2 aromatic carbocycles. The number of guanidine groups is 1. The fraction of sp³-hybridized carbons (Fsp3) is 0.462. The average Bonchev–Trinajstić information content (AvgIpc) is 2.81. The number of aryl methyl sites for hydroxylation is 1. The van der Waals surface area contributed by atoms with Gasteiger partial charge in [-0.1, -0.05) is 42.0 Å². The summed E-state index contributed by atoms with van der Waals surface area (Å²) in [4.78, 5) is 18.4. The first-order chi connectivity index (χ1) is 15.5. The van der Waals surface area contributed by atoms with Crippen LogP contribution in [0.15, 0.2) is 53.5 Å². The van der Waals surface area contributed by atoms with Crippen molar-refractivity contribution in [2.45, 2.75) is 39.3 Å². The molecule has 1 aliphatic heterocycles. The van der Waals surface area contributed by atoms with Gasteiger partial charge in [-0.2, -0.15) is 0 Å². The minimum Gasteiger partial charge on any atom is -0.373 e. The molecule has 1 amide bonds. The van der Waals surface area contributed by atoms with Gasteiger partial charge in [0.15, 0.2) is 5.96 Å². The van der Waals surface area contributed by atoms with E-state index in [-0.39, 0.29) is 36.0 Å².